The Labute approximate surface area is 169 Å². The Morgan fingerprint density at radius 1 is 1.11 bits per heavy atom. The van der Waals surface area contributed by atoms with Gasteiger partial charge in [0.2, 0.25) is 0 Å². The number of rotatable bonds is 10. The fourth-order valence-corrected chi connectivity index (χ4v) is 5.96. The van der Waals surface area contributed by atoms with Crippen molar-refractivity contribution in [2.75, 3.05) is 6.61 Å². The molecule has 0 N–H and O–H groups in total. The van der Waals surface area contributed by atoms with Crippen molar-refractivity contribution >= 4 is 9.84 Å². The predicted molar refractivity (Wildman–Crippen MR) is 113 cm³/mol. The second-order valence-electron chi connectivity index (χ2n) is 7.36. The van der Waals surface area contributed by atoms with Crippen LogP contribution in [0.15, 0.2) is 63.3 Å². The first-order valence-corrected chi connectivity index (χ1v) is 11.4. The Kier molecular flexibility index (Phi) is 7.53. The van der Waals surface area contributed by atoms with Gasteiger partial charge in [-0.2, -0.15) is 0 Å². The van der Waals surface area contributed by atoms with Gasteiger partial charge in [0, 0.05) is 6.42 Å². The molecule has 0 aliphatic rings. The van der Waals surface area contributed by atoms with Crippen LogP contribution in [0, 0.1) is 6.92 Å². The van der Waals surface area contributed by atoms with Crippen molar-refractivity contribution in [3.05, 3.63) is 65.3 Å². The highest BCUT2D eigenvalue weighted by atomic mass is 32.2. The van der Waals surface area contributed by atoms with Gasteiger partial charge in [0.15, 0.2) is 9.84 Å². The van der Waals surface area contributed by atoms with Crippen molar-refractivity contribution in [3.63, 3.8) is 0 Å². The largest absolute Gasteiger partial charge is 0.497 e. The highest BCUT2D eigenvalue weighted by molar-refractivity contribution is 7.93. The van der Waals surface area contributed by atoms with E-state index < -0.39 is 14.6 Å². The lowest BCUT2D eigenvalue weighted by molar-refractivity contribution is 0.187. The van der Waals surface area contributed by atoms with Crippen LogP contribution < -0.4 is 0 Å². The molecule has 0 fully saturated rings. The number of sulfone groups is 1. The van der Waals surface area contributed by atoms with Crippen molar-refractivity contribution in [2.45, 2.75) is 69.9 Å². The molecule has 5 heteroatoms. The summed E-state index contributed by atoms with van der Waals surface area (Å²) in [6.07, 6.45) is 3.95. The quantitative estimate of drug-likeness (QED) is 0.465. The van der Waals surface area contributed by atoms with Gasteiger partial charge in [0.1, 0.15) is 16.3 Å². The van der Waals surface area contributed by atoms with E-state index in [-0.39, 0.29) is 0 Å². The lowest BCUT2D eigenvalue weighted by Crippen LogP contribution is -2.42. The summed E-state index contributed by atoms with van der Waals surface area (Å²) < 4.78 is 38.0. The van der Waals surface area contributed by atoms with E-state index in [0.717, 1.165) is 16.9 Å². The Balaban J connectivity index is 2.52. The second kappa shape index (κ2) is 9.46. The molecule has 0 bridgehead atoms. The van der Waals surface area contributed by atoms with Crippen molar-refractivity contribution in [2.24, 2.45) is 0 Å². The second-order valence-corrected chi connectivity index (χ2v) is 9.62. The Morgan fingerprint density at radius 2 is 1.79 bits per heavy atom. The number of allylic oxidation sites excluding steroid dienone is 1. The van der Waals surface area contributed by atoms with Crippen molar-refractivity contribution < 1.29 is 17.6 Å². The van der Waals surface area contributed by atoms with Gasteiger partial charge in [-0.3, -0.25) is 0 Å². The number of hydrogen-bond donors (Lipinski definition) is 0. The maximum Gasteiger partial charge on any atom is 0.191 e. The third kappa shape index (κ3) is 4.52. The van der Waals surface area contributed by atoms with E-state index in [1.165, 1.54) is 0 Å². The number of aryl methyl sites for hydroxylation is 2. The number of ether oxygens (including phenoxy) is 1. The van der Waals surface area contributed by atoms with Crippen LogP contribution >= 0.6 is 0 Å². The van der Waals surface area contributed by atoms with Crippen LogP contribution in [0.25, 0.3) is 0 Å². The lowest BCUT2D eigenvalue weighted by Gasteiger charge is -2.35. The highest BCUT2D eigenvalue weighted by Gasteiger charge is 2.48. The summed E-state index contributed by atoms with van der Waals surface area (Å²) in [6.45, 7) is 10.1. The first-order chi connectivity index (χ1) is 13.3. The van der Waals surface area contributed by atoms with Crippen LogP contribution in [0.3, 0.4) is 0 Å². The van der Waals surface area contributed by atoms with E-state index >= 15 is 0 Å². The predicted octanol–water partition coefficient (Wildman–Crippen LogP) is 5.86. The van der Waals surface area contributed by atoms with Crippen LogP contribution in [0.5, 0.6) is 0 Å². The fraction of sp³-hybridized carbons (Fsp3) is 0.478. The fourth-order valence-electron chi connectivity index (χ4n) is 3.72. The average molecular weight is 405 g/mol. The molecule has 0 radical (unpaired) electrons. The highest BCUT2D eigenvalue weighted by Crippen LogP contribution is 2.42. The van der Waals surface area contributed by atoms with Gasteiger partial charge in [0.05, 0.1) is 17.8 Å². The molecule has 1 atom stereocenters. The van der Waals surface area contributed by atoms with Gasteiger partial charge in [-0.25, -0.2) is 8.42 Å². The van der Waals surface area contributed by atoms with Crippen LogP contribution in [-0.2, 0) is 21.0 Å². The normalized spacial score (nSPS) is 13.8. The summed E-state index contributed by atoms with van der Waals surface area (Å²) >= 11 is 0. The lowest BCUT2D eigenvalue weighted by atomic mass is 9.93. The third-order valence-electron chi connectivity index (χ3n) is 5.16. The van der Waals surface area contributed by atoms with E-state index in [0.29, 0.717) is 42.9 Å². The summed E-state index contributed by atoms with van der Waals surface area (Å²) in [6, 6.07) is 10.9. The van der Waals surface area contributed by atoms with Crippen LogP contribution in [0.2, 0.25) is 0 Å². The molecule has 1 aromatic heterocycles. The van der Waals surface area contributed by atoms with Crippen LogP contribution in [0.1, 0.15) is 58.3 Å². The monoisotopic (exact) mass is 404 g/mol. The SMILES string of the molecule is CCOC(=C(C)C)C(CC)(CCCc1ccco1)S(=O)(=O)c1ccc(C)cc1. The van der Waals surface area contributed by atoms with E-state index in [2.05, 4.69) is 0 Å². The molecule has 0 amide bonds. The summed E-state index contributed by atoms with van der Waals surface area (Å²) in [5.74, 6) is 1.45. The van der Waals surface area contributed by atoms with Gasteiger partial charge in [-0.1, -0.05) is 24.6 Å². The molecule has 0 spiro atoms. The van der Waals surface area contributed by atoms with Crippen LogP contribution in [0.4, 0.5) is 0 Å². The summed E-state index contributed by atoms with van der Waals surface area (Å²) in [7, 11) is -3.65. The summed E-state index contributed by atoms with van der Waals surface area (Å²) in [5, 5.41) is 0. The maximum atomic E-state index is 13.9. The maximum absolute atomic E-state index is 13.9. The van der Waals surface area contributed by atoms with Crippen molar-refractivity contribution in [1.29, 1.82) is 0 Å². The zero-order valence-corrected chi connectivity index (χ0v) is 18.4. The first kappa shape index (κ1) is 22.3. The minimum Gasteiger partial charge on any atom is -0.497 e. The Hall–Kier alpha value is -2.01. The molecule has 0 saturated carbocycles. The molecule has 1 aromatic carbocycles. The Morgan fingerprint density at radius 3 is 2.29 bits per heavy atom. The standard InChI is InChI=1S/C23H32O4S/c1-6-23(22(18(3)4)26-7-2,16-8-10-20-11-9-17-27-20)28(24,25)21-14-12-19(5)13-15-21/h9,11-15,17H,6-8,10,16H2,1-5H3. The molecule has 0 saturated heterocycles. The average Bonchev–Trinajstić information content (AvgIpc) is 3.17. The van der Waals surface area contributed by atoms with E-state index in [1.54, 1.807) is 18.4 Å². The number of benzene rings is 1. The zero-order valence-electron chi connectivity index (χ0n) is 17.6. The van der Waals surface area contributed by atoms with Gasteiger partial charge in [-0.05, 0) is 76.8 Å². The minimum atomic E-state index is -3.65. The smallest absolute Gasteiger partial charge is 0.191 e. The molecule has 0 aliphatic carbocycles. The first-order valence-electron chi connectivity index (χ1n) is 9.93. The number of hydrogen-bond acceptors (Lipinski definition) is 4. The summed E-state index contributed by atoms with van der Waals surface area (Å²) in [4.78, 5) is 0.344. The van der Waals surface area contributed by atoms with Gasteiger partial charge in [-0.15, -0.1) is 0 Å². The topological polar surface area (TPSA) is 56.5 Å². The number of furan rings is 1. The molecular weight excluding hydrogens is 372 g/mol. The molecular formula is C23H32O4S. The molecule has 2 aromatic rings. The molecule has 0 aliphatic heterocycles. The third-order valence-corrected chi connectivity index (χ3v) is 7.76. The molecule has 154 valence electrons. The van der Waals surface area contributed by atoms with Crippen molar-refractivity contribution in [1.82, 2.24) is 0 Å². The zero-order chi connectivity index (χ0) is 20.8. The molecule has 28 heavy (non-hydrogen) atoms. The van der Waals surface area contributed by atoms with Crippen molar-refractivity contribution in [3.8, 4) is 0 Å². The van der Waals surface area contributed by atoms with Crippen LogP contribution in [-0.4, -0.2) is 19.8 Å². The molecule has 1 heterocycles. The van der Waals surface area contributed by atoms with Gasteiger partial charge in [0.25, 0.3) is 0 Å². The molecule has 1 unspecified atom stereocenters. The van der Waals surface area contributed by atoms with Gasteiger partial charge < -0.3 is 9.15 Å². The Bertz CT molecular complexity index is 873. The van der Waals surface area contributed by atoms with E-state index in [1.807, 2.05) is 58.9 Å². The molecule has 2 rings (SSSR count). The minimum absolute atomic E-state index is 0.344. The van der Waals surface area contributed by atoms with E-state index in [4.69, 9.17) is 9.15 Å². The molecule has 4 nitrogen and oxygen atoms in total. The van der Waals surface area contributed by atoms with E-state index in [9.17, 15) is 8.42 Å². The summed E-state index contributed by atoms with van der Waals surface area (Å²) in [5.41, 5.74) is 1.93. The van der Waals surface area contributed by atoms with Gasteiger partial charge >= 0.3 is 0 Å².